The maximum atomic E-state index is 5.03. The number of ether oxygens (including phenoxy) is 1. The quantitative estimate of drug-likeness (QED) is 0.595. The zero-order chi connectivity index (χ0) is 9.10. The lowest BCUT2D eigenvalue weighted by atomic mass is 10.1. The first kappa shape index (κ1) is 7.70. The second kappa shape index (κ2) is 3.20. The number of fused-ring (bicyclic) bond motifs is 1. The molecule has 1 heteroatoms. The number of terminal acetylenes is 1. The van der Waals surface area contributed by atoms with Crippen LogP contribution in [0.5, 0.6) is 5.75 Å². The third-order valence-corrected chi connectivity index (χ3v) is 1.90. The average Bonchev–Trinajstić information content (AvgIpc) is 2.18. The minimum atomic E-state index is 0.709. The van der Waals surface area contributed by atoms with E-state index < -0.39 is 0 Å². The van der Waals surface area contributed by atoms with Crippen LogP contribution >= 0.6 is 0 Å². The second-order valence-corrected chi connectivity index (χ2v) is 2.73. The fraction of sp³-hybridized carbons (Fsp3) is 0. The Bertz CT molecular complexity index is 466. The average molecular weight is 168 g/mol. The summed E-state index contributed by atoms with van der Waals surface area (Å²) >= 11 is 0. The van der Waals surface area contributed by atoms with E-state index in [0.717, 1.165) is 5.39 Å². The monoisotopic (exact) mass is 168 g/mol. The standard InChI is InChI=1S/C12H8O/c1-2-13-12-8-7-10-5-3-4-6-11(10)9-12/h1,3-9H. The van der Waals surface area contributed by atoms with Crippen LogP contribution in [0.4, 0.5) is 0 Å². The fourth-order valence-electron chi connectivity index (χ4n) is 1.30. The molecule has 13 heavy (non-hydrogen) atoms. The summed E-state index contributed by atoms with van der Waals surface area (Å²) in [6, 6.07) is 13.8. The maximum Gasteiger partial charge on any atom is 0.140 e. The van der Waals surface area contributed by atoms with Crippen LogP contribution < -0.4 is 4.74 Å². The smallest absolute Gasteiger partial charge is 0.140 e. The summed E-state index contributed by atoms with van der Waals surface area (Å²) in [5, 5.41) is 2.32. The Morgan fingerprint density at radius 3 is 2.54 bits per heavy atom. The molecule has 0 heterocycles. The van der Waals surface area contributed by atoms with Crippen molar-refractivity contribution in [1.82, 2.24) is 0 Å². The molecule has 0 saturated heterocycles. The molecule has 0 unspecified atom stereocenters. The summed E-state index contributed by atoms with van der Waals surface area (Å²) in [7, 11) is 0. The van der Waals surface area contributed by atoms with Gasteiger partial charge in [-0.25, -0.2) is 0 Å². The van der Waals surface area contributed by atoms with E-state index in [2.05, 4.69) is 12.2 Å². The van der Waals surface area contributed by atoms with Gasteiger partial charge in [0.15, 0.2) is 0 Å². The van der Waals surface area contributed by atoms with Gasteiger partial charge in [-0.05, 0) is 22.9 Å². The van der Waals surface area contributed by atoms with E-state index in [4.69, 9.17) is 11.2 Å². The van der Waals surface area contributed by atoms with Crippen LogP contribution in [0.2, 0.25) is 0 Å². The Labute approximate surface area is 77.0 Å². The highest BCUT2D eigenvalue weighted by Gasteiger charge is 1.94. The number of rotatable bonds is 1. The van der Waals surface area contributed by atoms with Crippen molar-refractivity contribution >= 4 is 10.8 Å². The van der Waals surface area contributed by atoms with E-state index in [0.29, 0.717) is 5.75 Å². The molecule has 0 fully saturated rings. The van der Waals surface area contributed by atoms with Crippen LogP contribution in [-0.2, 0) is 0 Å². The molecule has 62 valence electrons. The normalized spacial score (nSPS) is 9.46. The van der Waals surface area contributed by atoms with Crippen LogP contribution in [0.1, 0.15) is 0 Å². The number of benzene rings is 2. The Hall–Kier alpha value is -1.94. The third kappa shape index (κ3) is 1.47. The lowest BCUT2D eigenvalue weighted by Crippen LogP contribution is -1.81. The highest BCUT2D eigenvalue weighted by atomic mass is 16.5. The van der Waals surface area contributed by atoms with E-state index in [-0.39, 0.29) is 0 Å². The molecule has 0 N–H and O–H groups in total. The molecule has 0 saturated carbocycles. The van der Waals surface area contributed by atoms with E-state index in [9.17, 15) is 0 Å². The molecule has 2 rings (SSSR count). The Kier molecular flexibility index (Phi) is 1.90. The zero-order valence-electron chi connectivity index (χ0n) is 7.03. The van der Waals surface area contributed by atoms with Crippen LogP contribution in [0.15, 0.2) is 42.5 Å². The van der Waals surface area contributed by atoms with Crippen molar-refractivity contribution in [2.45, 2.75) is 0 Å². The highest BCUT2D eigenvalue weighted by Crippen LogP contribution is 2.19. The lowest BCUT2D eigenvalue weighted by Gasteiger charge is -1.99. The summed E-state index contributed by atoms with van der Waals surface area (Å²) in [4.78, 5) is 0. The van der Waals surface area contributed by atoms with Gasteiger partial charge in [0, 0.05) is 0 Å². The molecule has 0 aliphatic carbocycles. The van der Waals surface area contributed by atoms with Gasteiger partial charge in [-0.15, -0.1) is 0 Å². The van der Waals surface area contributed by atoms with Gasteiger partial charge in [0.1, 0.15) is 11.9 Å². The lowest BCUT2D eigenvalue weighted by molar-refractivity contribution is 0.521. The minimum Gasteiger partial charge on any atom is -0.408 e. The molecule has 2 aromatic carbocycles. The van der Waals surface area contributed by atoms with Crippen LogP contribution in [-0.4, -0.2) is 0 Å². The van der Waals surface area contributed by atoms with Crippen molar-refractivity contribution < 1.29 is 4.74 Å². The number of hydrogen-bond donors (Lipinski definition) is 0. The molecule has 0 atom stereocenters. The van der Waals surface area contributed by atoms with Gasteiger partial charge in [0.25, 0.3) is 0 Å². The van der Waals surface area contributed by atoms with E-state index in [1.165, 1.54) is 5.39 Å². The summed E-state index contributed by atoms with van der Waals surface area (Å²) < 4.78 is 4.94. The van der Waals surface area contributed by atoms with Gasteiger partial charge in [-0.1, -0.05) is 36.8 Å². The molecule has 0 radical (unpaired) electrons. The molecule has 0 aliphatic heterocycles. The Morgan fingerprint density at radius 2 is 1.77 bits per heavy atom. The summed E-state index contributed by atoms with van der Waals surface area (Å²) in [6.07, 6.45) is 7.18. The largest absolute Gasteiger partial charge is 0.408 e. The summed E-state index contributed by atoms with van der Waals surface area (Å²) in [5.41, 5.74) is 0. The first-order valence-electron chi connectivity index (χ1n) is 4.01. The molecule has 0 amide bonds. The summed E-state index contributed by atoms with van der Waals surface area (Å²) in [5.74, 6) is 0.709. The Morgan fingerprint density at radius 1 is 1.00 bits per heavy atom. The molecular weight excluding hydrogens is 160 g/mol. The molecule has 0 aromatic heterocycles. The number of hydrogen-bond acceptors (Lipinski definition) is 1. The first-order valence-corrected chi connectivity index (χ1v) is 4.01. The highest BCUT2D eigenvalue weighted by molar-refractivity contribution is 5.83. The molecule has 1 nitrogen and oxygen atoms in total. The van der Waals surface area contributed by atoms with Crippen molar-refractivity contribution in [3.63, 3.8) is 0 Å². The molecule has 2 aromatic rings. The van der Waals surface area contributed by atoms with Gasteiger partial charge in [-0.3, -0.25) is 0 Å². The van der Waals surface area contributed by atoms with Crippen molar-refractivity contribution in [3.8, 4) is 18.3 Å². The van der Waals surface area contributed by atoms with Crippen LogP contribution in [0.25, 0.3) is 10.8 Å². The SMILES string of the molecule is C#COc1ccc2ccccc2c1. The van der Waals surface area contributed by atoms with Gasteiger partial charge < -0.3 is 4.74 Å². The molecular formula is C12H8O. The second-order valence-electron chi connectivity index (χ2n) is 2.73. The van der Waals surface area contributed by atoms with E-state index >= 15 is 0 Å². The van der Waals surface area contributed by atoms with Gasteiger partial charge in [0.2, 0.25) is 0 Å². The molecule has 0 bridgehead atoms. The fourth-order valence-corrected chi connectivity index (χ4v) is 1.30. The van der Waals surface area contributed by atoms with Gasteiger partial charge in [-0.2, -0.15) is 0 Å². The molecule has 0 spiro atoms. The maximum absolute atomic E-state index is 5.03. The van der Waals surface area contributed by atoms with Crippen LogP contribution in [0.3, 0.4) is 0 Å². The zero-order valence-corrected chi connectivity index (χ0v) is 7.03. The minimum absolute atomic E-state index is 0.709. The summed E-state index contributed by atoms with van der Waals surface area (Å²) in [6.45, 7) is 0. The van der Waals surface area contributed by atoms with Crippen molar-refractivity contribution in [3.05, 3.63) is 42.5 Å². The topological polar surface area (TPSA) is 9.23 Å². The predicted molar refractivity (Wildman–Crippen MR) is 53.4 cm³/mol. The van der Waals surface area contributed by atoms with Gasteiger partial charge in [0.05, 0.1) is 0 Å². The predicted octanol–water partition coefficient (Wildman–Crippen LogP) is 2.81. The van der Waals surface area contributed by atoms with Crippen LogP contribution in [0, 0.1) is 12.5 Å². The van der Waals surface area contributed by atoms with E-state index in [1.54, 1.807) is 0 Å². The first-order chi connectivity index (χ1) is 6.40. The Balaban J connectivity index is 2.57. The van der Waals surface area contributed by atoms with Crippen molar-refractivity contribution in [2.75, 3.05) is 0 Å². The molecule has 0 aliphatic rings. The van der Waals surface area contributed by atoms with E-state index in [1.807, 2.05) is 36.4 Å². The van der Waals surface area contributed by atoms with Crippen molar-refractivity contribution in [2.24, 2.45) is 0 Å². The van der Waals surface area contributed by atoms with Gasteiger partial charge >= 0.3 is 0 Å². The van der Waals surface area contributed by atoms with Crippen molar-refractivity contribution in [1.29, 1.82) is 0 Å². The third-order valence-electron chi connectivity index (χ3n) is 1.90.